The highest BCUT2D eigenvalue weighted by atomic mass is 28.3. The standard InChI is InChI=1S/C33H34Si2/c1-33(2)31-16-12-11-15-27(31)30-21-28-25(17-19-34(3,4)5)23-13-9-10-14-24(23)26(18-20-35(6,7)8)29(28)22-32(30)33/h9-16,21-22H,1-8H3. The second-order valence-electron chi connectivity index (χ2n) is 12.4. The Balaban J connectivity index is 1.99. The fraction of sp³-hybridized carbons (Fsp3) is 0.273. The van der Waals surface area contributed by atoms with E-state index < -0.39 is 16.1 Å². The minimum absolute atomic E-state index is 0.0423. The van der Waals surface area contributed by atoms with Crippen LogP contribution in [-0.2, 0) is 5.41 Å². The molecule has 0 bridgehead atoms. The molecule has 0 saturated heterocycles. The van der Waals surface area contributed by atoms with Gasteiger partial charge in [0.15, 0.2) is 0 Å². The molecular weight excluding hydrogens is 453 g/mol. The summed E-state index contributed by atoms with van der Waals surface area (Å²) in [5.41, 5.74) is 15.1. The Morgan fingerprint density at radius 1 is 0.543 bits per heavy atom. The van der Waals surface area contributed by atoms with E-state index >= 15 is 0 Å². The molecule has 4 aromatic carbocycles. The highest BCUT2D eigenvalue weighted by Gasteiger charge is 2.36. The molecule has 1 aliphatic rings. The smallest absolute Gasteiger partial charge is 0.127 e. The number of hydrogen-bond acceptors (Lipinski definition) is 0. The van der Waals surface area contributed by atoms with Crippen molar-refractivity contribution in [2.75, 3.05) is 0 Å². The Bertz CT molecular complexity index is 1630. The fourth-order valence-electron chi connectivity index (χ4n) is 5.14. The topological polar surface area (TPSA) is 0 Å². The lowest BCUT2D eigenvalue weighted by molar-refractivity contribution is 0.661. The Morgan fingerprint density at radius 2 is 1.03 bits per heavy atom. The number of rotatable bonds is 0. The van der Waals surface area contributed by atoms with E-state index in [-0.39, 0.29) is 5.41 Å². The van der Waals surface area contributed by atoms with Crippen LogP contribution in [0, 0.1) is 22.9 Å². The molecule has 4 aromatic rings. The van der Waals surface area contributed by atoms with Crippen molar-refractivity contribution in [2.24, 2.45) is 0 Å². The van der Waals surface area contributed by atoms with Gasteiger partial charge in [0.1, 0.15) is 16.1 Å². The Labute approximate surface area is 212 Å². The predicted molar refractivity (Wildman–Crippen MR) is 159 cm³/mol. The van der Waals surface area contributed by atoms with Gasteiger partial charge in [-0.15, -0.1) is 11.1 Å². The van der Waals surface area contributed by atoms with Gasteiger partial charge in [-0.2, -0.15) is 0 Å². The zero-order chi connectivity index (χ0) is 25.2. The summed E-state index contributed by atoms with van der Waals surface area (Å²) in [7, 11) is -3.11. The third-order valence-electron chi connectivity index (χ3n) is 6.85. The van der Waals surface area contributed by atoms with E-state index in [1.54, 1.807) is 0 Å². The zero-order valence-electron chi connectivity index (χ0n) is 22.3. The first-order valence-corrected chi connectivity index (χ1v) is 19.6. The molecule has 1 aliphatic carbocycles. The molecule has 0 saturated carbocycles. The van der Waals surface area contributed by atoms with Crippen LogP contribution in [0.4, 0.5) is 0 Å². The maximum absolute atomic E-state index is 3.68. The van der Waals surface area contributed by atoms with Crippen LogP contribution in [0.3, 0.4) is 0 Å². The van der Waals surface area contributed by atoms with Gasteiger partial charge in [-0.1, -0.05) is 114 Å². The van der Waals surface area contributed by atoms with E-state index in [4.69, 9.17) is 0 Å². The minimum atomic E-state index is -1.55. The maximum atomic E-state index is 3.68. The molecule has 0 radical (unpaired) electrons. The Morgan fingerprint density at radius 3 is 1.57 bits per heavy atom. The second-order valence-corrected chi connectivity index (χ2v) is 21.9. The van der Waals surface area contributed by atoms with Crippen molar-refractivity contribution < 1.29 is 0 Å². The van der Waals surface area contributed by atoms with Crippen LogP contribution in [-0.4, -0.2) is 16.1 Å². The van der Waals surface area contributed by atoms with Crippen LogP contribution in [0.1, 0.15) is 36.1 Å². The van der Waals surface area contributed by atoms with Gasteiger partial charge in [0.25, 0.3) is 0 Å². The third-order valence-corrected chi connectivity index (χ3v) is 8.60. The minimum Gasteiger partial charge on any atom is -0.127 e. The molecular formula is C33H34Si2. The van der Waals surface area contributed by atoms with Gasteiger partial charge in [-0.3, -0.25) is 0 Å². The van der Waals surface area contributed by atoms with Crippen molar-refractivity contribution in [2.45, 2.75) is 58.5 Å². The molecule has 0 fully saturated rings. The number of benzene rings is 4. The Hall–Kier alpha value is -3.05. The fourth-order valence-corrected chi connectivity index (χ4v) is 6.14. The molecule has 35 heavy (non-hydrogen) atoms. The summed E-state index contributed by atoms with van der Waals surface area (Å²) in [4.78, 5) is 0. The van der Waals surface area contributed by atoms with Crippen molar-refractivity contribution >= 4 is 37.7 Å². The summed E-state index contributed by atoms with van der Waals surface area (Å²) in [6, 6.07) is 22.5. The van der Waals surface area contributed by atoms with Gasteiger partial charge in [-0.05, 0) is 55.9 Å². The van der Waals surface area contributed by atoms with Gasteiger partial charge in [0.05, 0.1) is 0 Å². The third kappa shape index (κ3) is 4.16. The summed E-state index contributed by atoms with van der Waals surface area (Å²) < 4.78 is 0. The molecule has 174 valence electrons. The van der Waals surface area contributed by atoms with Crippen molar-refractivity contribution in [3.8, 4) is 34.1 Å². The normalized spacial score (nSPS) is 14.1. The average Bonchev–Trinajstić information content (AvgIpc) is 3.00. The van der Waals surface area contributed by atoms with E-state index in [1.165, 1.54) is 43.8 Å². The van der Waals surface area contributed by atoms with Crippen LogP contribution in [0.15, 0.2) is 60.7 Å². The Kier molecular flexibility index (Phi) is 5.41. The van der Waals surface area contributed by atoms with Gasteiger partial charge in [0.2, 0.25) is 0 Å². The number of fused-ring (bicyclic) bond motifs is 5. The molecule has 0 aromatic heterocycles. The van der Waals surface area contributed by atoms with Crippen LogP contribution in [0.5, 0.6) is 0 Å². The van der Waals surface area contributed by atoms with E-state index in [1.807, 2.05) is 0 Å². The summed E-state index contributed by atoms with van der Waals surface area (Å²) in [5.74, 6) is 7.36. The SMILES string of the molecule is CC1(C)c2ccccc2-c2cc3c(C#C[Si](C)(C)C)c4ccccc4c(C#C[Si](C)(C)C)c3cc21. The van der Waals surface area contributed by atoms with E-state index in [9.17, 15) is 0 Å². The molecule has 0 spiro atoms. The molecule has 0 atom stereocenters. The lowest BCUT2D eigenvalue weighted by Gasteiger charge is -2.22. The van der Waals surface area contributed by atoms with Gasteiger partial charge >= 0.3 is 0 Å². The van der Waals surface area contributed by atoms with E-state index in [0.717, 1.165) is 11.1 Å². The van der Waals surface area contributed by atoms with Crippen LogP contribution in [0.2, 0.25) is 39.3 Å². The van der Waals surface area contributed by atoms with Gasteiger partial charge in [-0.25, -0.2) is 0 Å². The molecule has 0 N–H and O–H groups in total. The van der Waals surface area contributed by atoms with Crippen LogP contribution in [0.25, 0.3) is 32.7 Å². The first kappa shape index (κ1) is 23.7. The lowest BCUT2D eigenvalue weighted by atomic mass is 9.81. The average molecular weight is 487 g/mol. The molecule has 0 heterocycles. The largest absolute Gasteiger partial charge is 0.129 e. The van der Waals surface area contributed by atoms with E-state index in [0.29, 0.717) is 0 Å². The molecule has 0 aliphatic heterocycles. The van der Waals surface area contributed by atoms with Crippen molar-refractivity contribution in [1.29, 1.82) is 0 Å². The summed E-state index contributed by atoms with van der Waals surface area (Å²) in [5, 5.41) is 4.92. The number of hydrogen-bond donors (Lipinski definition) is 0. The highest BCUT2D eigenvalue weighted by molar-refractivity contribution is 6.84. The van der Waals surface area contributed by atoms with Crippen molar-refractivity contribution in [1.82, 2.24) is 0 Å². The molecule has 5 rings (SSSR count). The van der Waals surface area contributed by atoms with Crippen LogP contribution < -0.4 is 0 Å². The predicted octanol–water partition coefficient (Wildman–Crippen LogP) is 8.76. The first-order valence-electron chi connectivity index (χ1n) is 12.6. The monoisotopic (exact) mass is 486 g/mol. The molecule has 2 heteroatoms. The highest BCUT2D eigenvalue weighted by Crippen LogP contribution is 2.50. The van der Waals surface area contributed by atoms with Gasteiger partial charge < -0.3 is 0 Å². The second kappa shape index (κ2) is 7.99. The molecule has 0 unspecified atom stereocenters. The first-order chi connectivity index (χ1) is 16.4. The van der Waals surface area contributed by atoms with Crippen LogP contribution >= 0.6 is 0 Å². The summed E-state index contributed by atoms with van der Waals surface area (Å²) in [6.45, 7) is 18.6. The van der Waals surface area contributed by atoms with E-state index in [2.05, 4.69) is 137 Å². The molecule has 0 nitrogen and oxygen atoms in total. The van der Waals surface area contributed by atoms with Crippen molar-refractivity contribution in [3.05, 3.63) is 82.9 Å². The molecule has 0 amide bonds. The summed E-state index contributed by atoms with van der Waals surface area (Å²) >= 11 is 0. The lowest BCUT2D eigenvalue weighted by Crippen LogP contribution is -2.16. The van der Waals surface area contributed by atoms with Crippen molar-refractivity contribution in [3.63, 3.8) is 0 Å². The zero-order valence-corrected chi connectivity index (χ0v) is 24.3. The summed E-state index contributed by atoms with van der Waals surface area (Å²) in [6.07, 6.45) is 0. The maximum Gasteiger partial charge on any atom is 0.129 e. The van der Waals surface area contributed by atoms with Gasteiger partial charge in [0, 0.05) is 16.5 Å². The quantitative estimate of drug-likeness (QED) is 0.132.